The quantitative estimate of drug-likeness (QED) is 0.677. The average Bonchev–Trinajstić information content (AvgIpc) is 3.09. The largest absolute Gasteiger partial charge is 0.491 e. The second-order valence-corrected chi connectivity index (χ2v) is 5.97. The Bertz CT molecular complexity index is 610. The van der Waals surface area contributed by atoms with Crippen LogP contribution < -0.4 is 5.46 Å². The number of fused-ring (bicyclic) bond motifs is 1. The van der Waals surface area contributed by atoms with Gasteiger partial charge in [-0.15, -0.1) is 11.3 Å². The lowest BCUT2D eigenvalue weighted by atomic mass is 9.78. The van der Waals surface area contributed by atoms with Crippen LogP contribution in [0.3, 0.4) is 0 Å². The van der Waals surface area contributed by atoms with Gasteiger partial charge in [-0.25, -0.2) is 0 Å². The summed E-state index contributed by atoms with van der Waals surface area (Å²) in [7, 11) is -0.885. The number of carbonyl (C=O) groups is 1. The first-order chi connectivity index (χ1) is 9.74. The standard InChI is InChI=1S/C15H15BO3S/c17-15(5-1-3-13-4-2-8-20-13)11-6-7-12-10-19-16(18)14(12)9-11/h2,4,6-9,18H,1,3,5,10H2. The molecule has 1 aromatic carbocycles. The van der Waals surface area contributed by atoms with Crippen molar-refractivity contribution in [2.24, 2.45) is 0 Å². The molecule has 0 radical (unpaired) electrons. The number of benzene rings is 1. The van der Waals surface area contributed by atoms with Crippen molar-refractivity contribution in [3.05, 3.63) is 51.7 Å². The summed E-state index contributed by atoms with van der Waals surface area (Å²) in [6.45, 7) is 0.420. The summed E-state index contributed by atoms with van der Waals surface area (Å²) in [5, 5.41) is 11.7. The summed E-state index contributed by atoms with van der Waals surface area (Å²) in [6.07, 6.45) is 2.34. The third kappa shape index (κ3) is 2.85. The number of carbonyl (C=O) groups excluding carboxylic acids is 1. The molecular weight excluding hydrogens is 271 g/mol. The number of hydrogen-bond acceptors (Lipinski definition) is 4. The molecule has 1 aliphatic heterocycles. The Kier molecular flexibility index (Phi) is 4.01. The van der Waals surface area contributed by atoms with Crippen LogP contribution in [-0.4, -0.2) is 17.9 Å². The predicted molar refractivity (Wildman–Crippen MR) is 80.4 cm³/mol. The molecule has 3 rings (SSSR count). The fourth-order valence-electron chi connectivity index (χ4n) is 2.41. The SMILES string of the molecule is O=C(CCCc1cccs1)c1ccc2c(c1)B(O)OC2. The summed E-state index contributed by atoms with van der Waals surface area (Å²) < 4.78 is 5.13. The predicted octanol–water partition coefficient (Wildman–Crippen LogP) is 2.17. The molecule has 20 heavy (non-hydrogen) atoms. The monoisotopic (exact) mass is 286 g/mol. The number of aryl methyl sites for hydroxylation is 1. The molecule has 102 valence electrons. The second-order valence-electron chi connectivity index (χ2n) is 4.93. The van der Waals surface area contributed by atoms with Gasteiger partial charge in [0, 0.05) is 16.9 Å². The van der Waals surface area contributed by atoms with Gasteiger partial charge in [-0.1, -0.05) is 24.3 Å². The van der Waals surface area contributed by atoms with E-state index in [1.54, 1.807) is 17.4 Å². The van der Waals surface area contributed by atoms with E-state index in [0.29, 0.717) is 18.6 Å². The highest BCUT2D eigenvalue weighted by atomic mass is 32.1. The summed E-state index contributed by atoms with van der Waals surface area (Å²) in [6, 6.07) is 9.59. The molecule has 0 aliphatic carbocycles. The van der Waals surface area contributed by atoms with Crippen LogP contribution in [0.25, 0.3) is 0 Å². The van der Waals surface area contributed by atoms with Crippen molar-refractivity contribution in [3.63, 3.8) is 0 Å². The fraction of sp³-hybridized carbons (Fsp3) is 0.267. The van der Waals surface area contributed by atoms with Crippen LogP contribution in [0.1, 0.15) is 33.6 Å². The highest BCUT2D eigenvalue weighted by Gasteiger charge is 2.27. The Hall–Kier alpha value is -1.43. The lowest BCUT2D eigenvalue weighted by Gasteiger charge is -2.04. The van der Waals surface area contributed by atoms with Gasteiger partial charge in [-0.3, -0.25) is 4.79 Å². The van der Waals surface area contributed by atoms with E-state index >= 15 is 0 Å². The van der Waals surface area contributed by atoms with Gasteiger partial charge in [-0.05, 0) is 35.3 Å². The minimum Gasteiger partial charge on any atom is -0.423 e. The molecule has 2 aromatic rings. The zero-order chi connectivity index (χ0) is 13.9. The first-order valence-electron chi connectivity index (χ1n) is 6.72. The van der Waals surface area contributed by atoms with Gasteiger partial charge in [0.15, 0.2) is 5.78 Å². The van der Waals surface area contributed by atoms with Crippen LogP contribution in [0.2, 0.25) is 0 Å². The van der Waals surface area contributed by atoms with Crippen molar-refractivity contribution in [3.8, 4) is 0 Å². The van der Waals surface area contributed by atoms with Crippen LogP contribution in [0.15, 0.2) is 35.7 Å². The molecule has 0 unspecified atom stereocenters. The van der Waals surface area contributed by atoms with Gasteiger partial charge < -0.3 is 9.68 Å². The fourth-order valence-corrected chi connectivity index (χ4v) is 3.16. The molecule has 1 aromatic heterocycles. The van der Waals surface area contributed by atoms with Crippen molar-refractivity contribution in [1.82, 2.24) is 0 Å². The van der Waals surface area contributed by atoms with Gasteiger partial charge in [0.25, 0.3) is 0 Å². The maximum absolute atomic E-state index is 12.2. The molecule has 0 fully saturated rings. The topological polar surface area (TPSA) is 46.5 Å². The Morgan fingerprint density at radius 2 is 2.30 bits per heavy atom. The van der Waals surface area contributed by atoms with Gasteiger partial charge in [0.1, 0.15) is 0 Å². The van der Waals surface area contributed by atoms with Crippen molar-refractivity contribution in [1.29, 1.82) is 0 Å². The maximum atomic E-state index is 12.2. The van der Waals surface area contributed by atoms with Gasteiger partial charge in [-0.2, -0.15) is 0 Å². The molecule has 5 heteroatoms. The Morgan fingerprint density at radius 1 is 1.40 bits per heavy atom. The molecule has 2 heterocycles. The molecule has 0 saturated heterocycles. The van der Waals surface area contributed by atoms with Crippen molar-refractivity contribution < 1.29 is 14.5 Å². The van der Waals surface area contributed by atoms with E-state index in [1.165, 1.54) is 4.88 Å². The molecule has 0 atom stereocenters. The first-order valence-corrected chi connectivity index (χ1v) is 7.60. The van der Waals surface area contributed by atoms with Crippen LogP contribution >= 0.6 is 11.3 Å². The average molecular weight is 286 g/mol. The molecule has 0 amide bonds. The third-order valence-corrected chi connectivity index (χ3v) is 4.47. The minimum absolute atomic E-state index is 0.128. The summed E-state index contributed by atoms with van der Waals surface area (Å²) in [4.78, 5) is 13.5. The number of ketones is 1. The molecule has 0 saturated carbocycles. The Morgan fingerprint density at radius 3 is 3.10 bits per heavy atom. The molecule has 1 N–H and O–H groups in total. The van der Waals surface area contributed by atoms with E-state index in [2.05, 4.69) is 11.4 Å². The normalized spacial score (nSPS) is 13.6. The van der Waals surface area contributed by atoms with Crippen LogP contribution in [0.5, 0.6) is 0 Å². The molecule has 1 aliphatic rings. The number of rotatable bonds is 5. The lowest BCUT2D eigenvalue weighted by molar-refractivity contribution is 0.0980. The van der Waals surface area contributed by atoms with E-state index in [9.17, 15) is 9.82 Å². The van der Waals surface area contributed by atoms with Gasteiger partial charge >= 0.3 is 7.12 Å². The van der Waals surface area contributed by atoms with Gasteiger partial charge in [0.05, 0.1) is 6.61 Å². The number of hydrogen-bond donors (Lipinski definition) is 1. The summed E-state index contributed by atoms with van der Waals surface area (Å²) >= 11 is 1.73. The smallest absolute Gasteiger partial charge is 0.423 e. The van der Waals surface area contributed by atoms with Gasteiger partial charge in [0.2, 0.25) is 0 Å². The van der Waals surface area contributed by atoms with E-state index in [1.807, 2.05) is 18.2 Å². The summed E-state index contributed by atoms with van der Waals surface area (Å²) in [5.41, 5.74) is 2.36. The van der Waals surface area contributed by atoms with E-state index < -0.39 is 7.12 Å². The van der Waals surface area contributed by atoms with E-state index in [4.69, 9.17) is 4.65 Å². The minimum atomic E-state index is -0.885. The molecule has 0 bridgehead atoms. The van der Waals surface area contributed by atoms with Crippen molar-refractivity contribution in [2.75, 3.05) is 0 Å². The number of thiophene rings is 1. The van der Waals surface area contributed by atoms with Crippen LogP contribution in [-0.2, 0) is 17.7 Å². The van der Waals surface area contributed by atoms with Crippen LogP contribution in [0.4, 0.5) is 0 Å². The Balaban J connectivity index is 1.61. The third-order valence-electron chi connectivity index (χ3n) is 3.54. The highest BCUT2D eigenvalue weighted by molar-refractivity contribution is 7.09. The summed E-state index contributed by atoms with van der Waals surface area (Å²) in [5.74, 6) is 0.128. The van der Waals surface area contributed by atoms with E-state index in [0.717, 1.165) is 23.9 Å². The maximum Gasteiger partial charge on any atom is 0.491 e. The lowest BCUT2D eigenvalue weighted by Crippen LogP contribution is -2.28. The molecular formula is C15H15BO3S. The molecule has 0 spiro atoms. The zero-order valence-electron chi connectivity index (χ0n) is 11.0. The number of Topliss-reactive ketones (excluding diaryl/α,β-unsaturated/α-hetero) is 1. The Labute approximate surface area is 122 Å². The highest BCUT2D eigenvalue weighted by Crippen LogP contribution is 2.15. The van der Waals surface area contributed by atoms with Crippen LogP contribution in [0, 0.1) is 0 Å². The molecule has 3 nitrogen and oxygen atoms in total. The first kappa shape index (κ1) is 13.6. The van der Waals surface area contributed by atoms with Crippen molar-refractivity contribution in [2.45, 2.75) is 25.9 Å². The van der Waals surface area contributed by atoms with E-state index in [-0.39, 0.29) is 5.78 Å². The zero-order valence-corrected chi connectivity index (χ0v) is 11.9. The second kappa shape index (κ2) is 5.91. The van der Waals surface area contributed by atoms with Crippen molar-refractivity contribution >= 4 is 29.7 Å².